The number of nitrogens with zero attached hydrogens (tertiary/aromatic N) is 1. The number of rotatable bonds is 6. The zero-order chi connectivity index (χ0) is 20.5. The Hall–Kier alpha value is -2.34. The molecule has 150 valence electrons. The highest BCUT2D eigenvalue weighted by atomic mass is 32.2. The molecule has 1 aliphatic rings. The Bertz CT molecular complexity index is 999. The van der Waals surface area contributed by atoms with Crippen LogP contribution < -0.4 is 9.62 Å². The van der Waals surface area contributed by atoms with Crippen LogP contribution in [0.4, 0.5) is 5.69 Å². The molecule has 0 spiro atoms. The summed E-state index contributed by atoms with van der Waals surface area (Å²) in [6, 6.07) is 11.6. The summed E-state index contributed by atoms with van der Waals surface area (Å²) < 4.78 is 25.7. The van der Waals surface area contributed by atoms with Gasteiger partial charge < -0.3 is 5.32 Å². The SMILES string of the molecule is Cc1ccc(N(CC(=O)N[C@H](C)c2ccc3c(c2)CCC3)S(C)(=O)=O)cc1C. The number of amides is 1. The third-order valence-corrected chi connectivity index (χ3v) is 6.61. The summed E-state index contributed by atoms with van der Waals surface area (Å²) in [7, 11) is -3.58. The van der Waals surface area contributed by atoms with Crippen LogP contribution in [0.2, 0.25) is 0 Å². The van der Waals surface area contributed by atoms with Crippen molar-refractivity contribution in [1.29, 1.82) is 0 Å². The van der Waals surface area contributed by atoms with Gasteiger partial charge in [0.25, 0.3) is 0 Å². The van der Waals surface area contributed by atoms with Gasteiger partial charge in [0.05, 0.1) is 18.0 Å². The summed E-state index contributed by atoms with van der Waals surface area (Å²) in [6.07, 6.45) is 4.51. The van der Waals surface area contributed by atoms with Crippen LogP contribution in [-0.2, 0) is 27.7 Å². The lowest BCUT2D eigenvalue weighted by Crippen LogP contribution is -2.41. The van der Waals surface area contributed by atoms with E-state index in [2.05, 4.69) is 17.4 Å². The number of hydrogen-bond acceptors (Lipinski definition) is 3. The van der Waals surface area contributed by atoms with Crippen LogP contribution in [0.15, 0.2) is 36.4 Å². The Kier molecular flexibility index (Phi) is 5.79. The monoisotopic (exact) mass is 400 g/mol. The van der Waals surface area contributed by atoms with E-state index < -0.39 is 10.0 Å². The van der Waals surface area contributed by atoms with Crippen LogP contribution in [0.5, 0.6) is 0 Å². The fourth-order valence-corrected chi connectivity index (χ4v) is 4.49. The molecule has 0 fully saturated rings. The Morgan fingerprint density at radius 3 is 2.46 bits per heavy atom. The van der Waals surface area contributed by atoms with Crippen LogP contribution >= 0.6 is 0 Å². The number of fused-ring (bicyclic) bond motifs is 1. The summed E-state index contributed by atoms with van der Waals surface area (Å²) in [5.74, 6) is -0.323. The van der Waals surface area contributed by atoms with Crippen LogP contribution in [0.1, 0.15) is 47.2 Å². The summed E-state index contributed by atoms with van der Waals surface area (Å²) in [5, 5.41) is 2.94. The first kappa shape index (κ1) is 20.4. The third kappa shape index (κ3) is 4.55. The molecule has 28 heavy (non-hydrogen) atoms. The maximum Gasteiger partial charge on any atom is 0.241 e. The molecule has 5 nitrogen and oxygen atoms in total. The van der Waals surface area contributed by atoms with Crippen LogP contribution in [0.25, 0.3) is 0 Å². The van der Waals surface area contributed by atoms with E-state index in [1.807, 2.05) is 32.9 Å². The Balaban J connectivity index is 1.74. The molecule has 0 heterocycles. The fraction of sp³-hybridized carbons (Fsp3) is 0.409. The van der Waals surface area contributed by atoms with Crippen LogP contribution in [0.3, 0.4) is 0 Å². The Morgan fingerprint density at radius 1 is 1.07 bits per heavy atom. The molecule has 0 bridgehead atoms. The van der Waals surface area contributed by atoms with E-state index in [0.29, 0.717) is 5.69 Å². The smallest absolute Gasteiger partial charge is 0.241 e. The number of aryl methyl sites for hydroxylation is 4. The Morgan fingerprint density at radius 2 is 1.79 bits per heavy atom. The molecule has 2 aromatic carbocycles. The second-order valence-electron chi connectivity index (χ2n) is 7.71. The molecule has 1 amide bonds. The van der Waals surface area contributed by atoms with Gasteiger partial charge in [-0.25, -0.2) is 8.42 Å². The van der Waals surface area contributed by atoms with Gasteiger partial charge in [-0.1, -0.05) is 24.3 Å². The Labute approximate surface area is 167 Å². The molecule has 1 atom stereocenters. The van der Waals surface area contributed by atoms with Gasteiger partial charge in [0.2, 0.25) is 15.9 Å². The average molecular weight is 401 g/mol. The van der Waals surface area contributed by atoms with Crippen molar-refractivity contribution in [3.8, 4) is 0 Å². The standard InChI is InChI=1S/C22H28N2O3S/c1-15-8-11-21(12-16(15)2)24(28(4,26)27)14-22(25)23-17(3)19-10-9-18-6-5-7-20(18)13-19/h8-13,17H,5-7,14H2,1-4H3,(H,23,25)/t17-/m1/s1. The predicted molar refractivity (Wildman–Crippen MR) is 113 cm³/mol. The number of hydrogen-bond donors (Lipinski definition) is 1. The topological polar surface area (TPSA) is 66.5 Å². The first-order chi connectivity index (χ1) is 13.1. The molecule has 0 radical (unpaired) electrons. The maximum atomic E-state index is 12.6. The van der Waals surface area contributed by atoms with Gasteiger partial charge in [-0.2, -0.15) is 0 Å². The molecule has 0 aliphatic heterocycles. The summed E-state index contributed by atoms with van der Waals surface area (Å²) >= 11 is 0. The van der Waals surface area contributed by atoms with Gasteiger partial charge in [0.15, 0.2) is 0 Å². The minimum Gasteiger partial charge on any atom is -0.348 e. The van der Waals surface area contributed by atoms with Gasteiger partial charge >= 0.3 is 0 Å². The molecule has 0 unspecified atom stereocenters. The van der Waals surface area contributed by atoms with E-state index in [9.17, 15) is 13.2 Å². The quantitative estimate of drug-likeness (QED) is 0.808. The van der Waals surface area contributed by atoms with E-state index in [1.165, 1.54) is 17.5 Å². The average Bonchev–Trinajstić information content (AvgIpc) is 3.09. The number of carbonyl (C=O) groups is 1. The number of carbonyl (C=O) groups excluding carboxylic acids is 1. The minimum atomic E-state index is -3.58. The second-order valence-corrected chi connectivity index (χ2v) is 9.62. The van der Waals surface area contributed by atoms with Crippen molar-refractivity contribution in [2.75, 3.05) is 17.1 Å². The molecule has 6 heteroatoms. The number of anilines is 1. The summed E-state index contributed by atoms with van der Waals surface area (Å²) in [4.78, 5) is 12.6. The van der Waals surface area contributed by atoms with E-state index in [-0.39, 0.29) is 18.5 Å². The number of nitrogens with one attached hydrogen (secondary N) is 1. The van der Waals surface area contributed by atoms with Crippen LogP contribution in [-0.4, -0.2) is 27.1 Å². The molecule has 3 rings (SSSR count). The number of sulfonamides is 1. The van der Waals surface area contributed by atoms with E-state index in [0.717, 1.165) is 40.1 Å². The largest absolute Gasteiger partial charge is 0.348 e. The van der Waals surface area contributed by atoms with Crippen molar-refractivity contribution in [3.63, 3.8) is 0 Å². The first-order valence-electron chi connectivity index (χ1n) is 9.61. The zero-order valence-electron chi connectivity index (χ0n) is 17.0. The van der Waals surface area contributed by atoms with Crippen molar-refractivity contribution in [2.45, 2.75) is 46.1 Å². The van der Waals surface area contributed by atoms with Crippen molar-refractivity contribution in [1.82, 2.24) is 5.32 Å². The highest BCUT2D eigenvalue weighted by molar-refractivity contribution is 7.92. The van der Waals surface area contributed by atoms with Crippen molar-refractivity contribution in [2.24, 2.45) is 0 Å². The maximum absolute atomic E-state index is 12.6. The van der Waals surface area contributed by atoms with Crippen LogP contribution in [0, 0.1) is 13.8 Å². The van der Waals surface area contributed by atoms with E-state index in [4.69, 9.17) is 0 Å². The summed E-state index contributed by atoms with van der Waals surface area (Å²) in [5.41, 5.74) is 6.36. The van der Waals surface area contributed by atoms with Crippen molar-refractivity contribution >= 4 is 21.6 Å². The molecule has 0 aromatic heterocycles. The molecule has 1 aliphatic carbocycles. The lowest BCUT2D eigenvalue weighted by molar-refractivity contribution is -0.120. The second kappa shape index (κ2) is 7.95. The molecular formula is C22H28N2O3S. The zero-order valence-corrected chi connectivity index (χ0v) is 17.8. The predicted octanol–water partition coefficient (Wildman–Crippen LogP) is 3.44. The van der Waals surface area contributed by atoms with Crippen molar-refractivity contribution < 1.29 is 13.2 Å². The van der Waals surface area contributed by atoms with E-state index >= 15 is 0 Å². The number of benzene rings is 2. The normalized spacial score (nSPS) is 14.4. The van der Waals surface area contributed by atoms with Gasteiger partial charge in [0, 0.05) is 0 Å². The van der Waals surface area contributed by atoms with Crippen molar-refractivity contribution in [3.05, 3.63) is 64.2 Å². The fourth-order valence-electron chi connectivity index (χ4n) is 3.64. The molecule has 0 saturated heterocycles. The molecule has 2 aromatic rings. The van der Waals surface area contributed by atoms with Gasteiger partial charge in [0.1, 0.15) is 6.54 Å². The molecular weight excluding hydrogens is 372 g/mol. The van der Waals surface area contributed by atoms with Gasteiger partial charge in [-0.15, -0.1) is 0 Å². The van der Waals surface area contributed by atoms with E-state index in [1.54, 1.807) is 12.1 Å². The summed E-state index contributed by atoms with van der Waals surface area (Å²) in [6.45, 7) is 5.58. The minimum absolute atomic E-state index is 0.181. The molecule has 1 N–H and O–H groups in total. The highest BCUT2D eigenvalue weighted by Crippen LogP contribution is 2.26. The first-order valence-corrected chi connectivity index (χ1v) is 11.5. The van der Waals surface area contributed by atoms with Gasteiger partial charge in [-0.05, 0) is 80.0 Å². The lowest BCUT2D eigenvalue weighted by Gasteiger charge is -2.24. The highest BCUT2D eigenvalue weighted by Gasteiger charge is 2.22. The van der Waals surface area contributed by atoms with Gasteiger partial charge in [-0.3, -0.25) is 9.10 Å². The molecule has 0 saturated carbocycles. The third-order valence-electron chi connectivity index (χ3n) is 5.47. The lowest BCUT2D eigenvalue weighted by atomic mass is 10.0.